The van der Waals surface area contributed by atoms with Crippen LogP contribution in [-0.2, 0) is 20.7 Å². The number of nitrogens with one attached hydrogen (secondary N) is 1. The molecule has 6 nitrogen and oxygen atoms in total. The normalized spacial score (nSPS) is 29.7. The van der Waals surface area contributed by atoms with E-state index >= 15 is 0 Å². The highest BCUT2D eigenvalue weighted by Gasteiger charge is 2.70. The van der Waals surface area contributed by atoms with Gasteiger partial charge in [-0.15, -0.1) is 0 Å². The number of ether oxygens (including phenoxy) is 1. The highest BCUT2D eigenvalue weighted by Crippen LogP contribution is 2.58. The van der Waals surface area contributed by atoms with Crippen LogP contribution in [0.4, 0.5) is 4.39 Å². The second-order valence-electron chi connectivity index (χ2n) is 6.42. The monoisotopic (exact) mass is 323 g/mol. The van der Waals surface area contributed by atoms with Crippen LogP contribution in [-0.4, -0.2) is 46.9 Å². The van der Waals surface area contributed by atoms with Gasteiger partial charge in [0, 0.05) is 25.8 Å². The summed E-state index contributed by atoms with van der Waals surface area (Å²) in [5.41, 5.74) is -1.37. The van der Waals surface area contributed by atoms with Crippen LogP contribution in [0.25, 0.3) is 0 Å². The van der Waals surface area contributed by atoms with E-state index < -0.39 is 29.0 Å². The SMILES string of the molecule is O=C(O)C12COC(C(=O)NCC(O)Cc3cccc(F)c3)(C1)C2. The molecule has 3 fully saturated rings. The smallest absolute Gasteiger partial charge is 0.312 e. The third-order valence-corrected chi connectivity index (χ3v) is 4.60. The van der Waals surface area contributed by atoms with Crippen LogP contribution in [0.5, 0.6) is 0 Å². The van der Waals surface area contributed by atoms with E-state index in [0.717, 1.165) is 0 Å². The fraction of sp³-hybridized carbons (Fsp3) is 0.500. The summed E-state index contributed by atoms with van der Waals surface area (Å²) < 4.78 is 18.5. The standard InChI is InChI=1S/C16H18FNO5/c17-11-3-1-2-10(4-11)5-12(19)6-18-13(20)16-7-15(8-16,9-23-16)14(21)22/h1-4,12,19H,5-9H2,(H,18,20)(H,21,22). The van der Waals surface area contributed by atoms with Crippen molar-refractivity contribution in [3.8, 4) is 0 Å². The lowest BCUT2D eigenvalue weighted by Gasteiger charge is -2.40. The molecule has 1 aliphatic carbocycles. The third kappa shape index (κ3) is 2.82. The number of carbonyl (C=O) groups is 2. The van der Waals surface area contributed by atoms with Crippen LogP contribution < -0.4 is 5.32 Å². The van der Waals surface area contributed by atoms with Gasteiger partial charge >= 0.3 is 5.97 Å². The molecule has 1 aromatic rings. The molecular weight excluding hydrogens is 305 g/mol. The fourth-order valence-corrected chi connectivity index (χ4v) is 3.34. The van der Waals surface area contributed by atoms with Crippen LogP contribution >= 0.6 is 0 Å². The van der Waals surface area contributed by atoms with Gasteiger partial charge < -0.3 is 20.3 Å². The van der Waals surface area contributed by atoms with E-state index in [-0.39, 0.29) is 38.2 Å². The Morgan fingerprint density at radius 3 is 2.74 bits per heavy atom. The molecule has 2 aliphatic heterocycles. The Kier molecular flexibility index (Phi) is 3.85. The van der Waals surface area contributed by atoms with Crippen molar-refractivity contribution in [2.24, 2.45) is 5.41 Å². The van der Waals surface area contributed by atoms with Gasteiger partial charge in [-0.1, -0.05) is 12.1 Å². The lowest BCUT2D eigenvalue weighted by molar-refractivity contribution is -0.158. The van der Waals surface area contributed by atoms with Crippen LogP contribution in [0.15, 0.2) is 24.3 Å². The maximum atomic E-state index is 13.1. The van der Waals surface area contributed by atoms with Crippen molar-refractivity contribution >= 4 is 11.9 Å². The van der Waals surface area contributed by atoms with Crippen LogP contribution in [0.2, 0.25) is 0 Å². The largest absolute Gasteiger partial charge is 0.481 e. The molecule has 2 heterocycles. The second-order valence-corrected chi connectivity index (χ2v) is 6.42. The first-order chi connectivity index (χ1) is 10.9. The Hall–Kier alpha value is -1.99. The molecule has 2 bridgehead atoms. The van der Waals surface area contributed by atoms with Crippen LogP contribution in [0.1, 0.15) is 18.4 Å². The summed E-state index contributed by atoms with van der Waals surface area (Å²) in [6.45, 7) is 0.0438. The Bertz CT molecular complexity index is 641. The van der Waals surface area contributed by atoms with Gasteiger partial charge in [-0.25, -0.2) is 4.39 Å². The molecule has 1 aromatic carbocycles. The van der Waals surface area contributed by atoms with Crippen LogP contribution in [0.3, 0.4) is 0 Å². The van der Waals surface area contributed by atoms with Gasteiger partial charge in [-0.3, -0.25) is 9.59 Å². The lowest BCUT2D eigenvalue weighted by atomic mass is 9.62. The maximum absolute atomic E-state index is 13.1. The van der Waals surface area contributed by atoms with Crippen molar-refractivity contribution in [3.63, 3.8) is 0 Å². The summed E-state index contributed by atoms with van der Waals surface area (Å²) in [6.07, 6.45) is -0.310. The average Bonchev–Trinajstić information content (AvgIpc) is 3.02. The predicted octanol–water partition coefficient (Wildman–Crippen LogP) is 0.479. The number of hydrogen-bond donors (Lipinski definition) is 3. The zero-order chi connectivity index (χ0) is 16.7. The highest BCUT2D eigenvalue weighted by molar-refractivity contribution is 5.92. The first kappa shape index (κ1) is 15.9. The zero-order valence-corrected chi connectivity index (χ0v) is 12.4. The molecule has 7 heteroatoms. The molecule has 2 saturated heterocycles. The van der Waals surface area contributed by atoms with E-state index in [1.807, 2.05) is 0 Å². The molecule has 1 atom stereocenters. The minimum absolute atomic E-state index is 0.000524. The Labute approximate surface area is 132 Å². The second kappa shape index (κ2) is 5.58. The lowest BCUT2D eigenvalue weighted by Crippen LogP contribution is -2.57. The van der Waals surface area contributed by atoms with E-state index in [1.54, 1.807) is 12.1 Å². The van der Waals surface area contributed by atoms with Gasteiger partial charge in [0.15, 0.2) is 0 Å². The average molecular weight is 323 g/mol. The number of aliphatic carboxylic acids is 1. The summed E-state index contributed by atoms with van der Waals surface area (Å²) in [6, 6.07) is 5.90. The predicted molar refractivity (Wildman–Crippen MR) is 77.1 cm³/mol. The number of aliphatic hydroxyl groups is 1. The maximum Gasteiger partial charge on any atom is 0.312 e. The number of carbonyl (C=O) groups excluding carboxylic acids is 1. The van der Waals surface area contributed by atoms with Crippen LogP contribution in [0, 0.1) is 11.2 Å². The molecule has 1 amide bonds. The van der Waals surface area contributed by atoms with Gasteiger partial charge in [-0.05, 0) is 17.7 Å². The first-order valence-corrected chi connectivity index (χ1v) is 7.43. The molecule has 0 aromatic heterocycles. The number of carboxylic acids is 1. The molecule has 1 saturated carbocycles. The zero-order valence-electron chi connectivity index (χ0n) is 12.4. The van der Waals surface area contributed by atoms with E-state index in [4.69, 9.17) is 9.84 Å². The van der Waals surface area contributed by atoms with E-state index in [0.29, 0.717) is 5.56 Å². The number of aliphatic hydroxyl groups excluding tert-OH is 1. The van der Waals surface area contributed by atoms with Crippen molar-refractivity contribution in [2.45, 2.75) is 31.0 Å². The van der Waals surface area contributed by atoms with E-state index in [2.05, 4.69) is 5.32 Å². The van der Waals surface area contributed by atoms with Gasteiger partial charge in [0.25, 0.3) is 5.91 Å². The van der Waals surface area contributed by atoms with Crippen molar-refractivity contribution in [2.75, 3.05) is 13.2 Å². The summed E-state index contributed by atoms with van der Waals surface area (Å²) in [5.74, 6) is -1.72. The van der Waals surface area contributed by atoms with Crippen molar-refractivity contribution in [1.29, 1.82) is 0 Å². The number of rotatable bonds is 6. The fourth-order valence-electron chi connectivity index (χ4n) is 3.34. The highest BCUT2D eigenvalue weighted by atomic mass is 19.1. The molecule has 3 aliphatic rings. The molecule has 4 rings (SSSR count). The van der Waals surface area contributed by atoms with E-state index in [1.165, 1.54) is 12.1 Å². The Morgan fingerprint density at radius 2 is 2.13 bits per heavy atom. The molecule has 3 N–H and O–H groups in total. The number of hydrogen-bond acceptors (Lipinski definition) is 4. The summed E-state index contributed by atoms with van der Waals surface area (Å²) >= 11 is 0. The molecule has 0 radical (unpaired) electrons. The topological polar surface area (TPSA) is 95.9 Å². The molecule has 23 heavy (non-hydrogen) atoms. The summed E-state index contributed by atoms with van der Waals surface area (Å²) in [7, 11) is 0. The van der Waals surface area contributed by atoms with Gasteiger partial charge in [0.2, 0.25) is 0 Å². The van der Waals surface area contributed by atoms with Gasteiger partial charge in [-0.2, -0.15) is 0 Å². The summed E-state index contributed by atoms with van der Waals surface area (Å²) in [4.78, 5) is 23.3. The van der Waals surface area contributed by atoms with Crippen molar-refractivity contribution in [1.82, 2.24) is 5.32 Å². The number of benzene rings is 1. The van der Waals surface area contributed by atoms with Crippen molar-refractivity contribution < 1.29 is 28.9 Å². The van der Waals surface area contributed by atoms with Gasteiger partial charge in [0.05, 0.1) is 18.1 Å². The Morgan fingerprint density at radius 1 is 1.39 bits per heavy atom. The molecule has 124 valence electrons. The molecular formula is C16H18FNO5. The first-order valence-electron chi connectivity index (χ1n) is 7.43. The quantitative estimate of drug-likeness (QED) is 0.708. The number of amides is 1. The number of fused-ring (bicyclic) bond motifs is 1. The number of carboxylic acid groups (broad SMARTS) is 1. The van der Waals surface area contributed by atoms with Gasteiger partial charge in [0.1, 0.15) is 11.4 Å². The number of halogens is 1. The summed E-state index contributed by atoms with van der Waals surface area (Å²) in [5, 5.41) is 21.7. The van der Waals surface area contributed by atoms with E-state index in [9.17, 15) is 19.1 Å². The Balaban J connectivity index is 1.49. The minimum Gasteiger partial charge on any atom is -0.481 e. The minimum atomic E-state index is -1.07. The molecule has 0 spiro atoms. The molecule has 1 unspecified atom stereocenters. The third-order valence-electron chi connectivity index (χ3n) is 4.60. The van der Waals surface area contributed by atoms with Crippen molar-refractivity contribution in [3.05, 3.63) is 35.6 Å².